The minimum Gasteiger partial charge on any atom is -0.382 e. The number of nitrogens with one attached hydrogen (secondary N) is 1. The first-order valence-electron chi connectivity index (χ1n) is 4.85. The number of benzene rings is 1. The lowest BCUT2D eigenvalue weighted by Gasteiger charge is -2.00. The van der Waals surface area contributed by atoms with Gasteiger partial charge in [-0.05, 0) is 24.6 Å². The summed E-state index contributed by atoms with van der Waals surface area (Å²) in [6.45, 7) is 1.86. The van der Waals surface area contributed by atoms with Crippen LogP contribution in [0.25, 0.3) is 0 Å². The van der Waals surface area contributed by atoms with E-state index in [2.05, 4.69) is 20.4 Å². The van der Waals surface area contributed by atoms with Gasteiger partial charge < -0.3 is 11.5 Å². The molecule has 2 rings (SSSR count). The Labute approximate surface area is 103 Å². The third-order valence-corrected chi connectivity index (χ3v) is 2.70. The van der Waals surface area contributed by atoms with E-state index in [0.717, 1.165) is 5.56 Å². The van der Waals surface area contributed by atoms with Crippen LogP contribution in [0.1, 0.15) is 5.56 Å². The number of hydrogen-bond acceptors (Lipinski definition) is 5. The van der Waals surface area contributed by atoms with E-state index in [-0.39, 0.29) is 11.6 Å². The Morgan fingerprint density at radius 3 is 2.71 bits per heavy atom. The van der Waals surface area contributed by atoms with Gasteiger partial charge in [0.25, 0.3) is 0 Å². The van der Waals surface area contributed by atoms with Crippen LogP contribution in [0.15, 0.2) is 28.4 Å². The van der Waals surface area contributed by atoms with Crippen LogP contribution >= 0.6 is 11.6 Å². The number of halogens is 1. The van der Waals surface area contributed by atoms with Crippen molar-refractivity contribution in [3.05, 3.63) is 28.8 Å². The maximum atomic E-state index is 5.97. The molecule has 0 aliphatic rings. The van der Waals surface area contributed by atoms with Crippen LogP contribution in [-0.2, 0) is 0 Å². The van der Waals surface area contributed by atoms with E-state index in [4.69, 9.17) is 23.1 Å². The monoisotopic (exact) mass is 250 g/mol. The maximum absolute atomic E-state index is 5.97. The standard InChI is InChI=1S/C10H11ClN6/c1-5-6(11)3-2-4-7(5)14-15-8-9(12)16-17-10(8)13/h2-4H,1H3,(H5,12,13,16,17). The molecule has 0 unspecified atom stereocenters. The molecule has 1 aromatic carbocycles. The van der Waals surface area contributed by atoms with Crippen molar-refractivity contribution in [2.45, 2.75) is 6.92 Å². The molecule has 0 aliphatic carbocycles. The summed E-state index contributed by atoms with van der Waals surface area (Å²) >= 11 is 5.97. The molecule has 0 atom stereocenters. The molecule has 0 radical (unpaired) electrons. The zero-order valence-electron chi connectivity index (χ0n) is 9.11. The van der Waals surface area contributed by atoms with Crippen LogP contribution in [0.5, 0.6) is 0 Å². The SMILES string of the molecule is Cc1c(Cl)cccc1N=Nc1c(N)n[nH]c1N. The lowest BCUT2D eigenvalue weighted by Crippen LogP contribution is -1.84. The number of aromatic amines is 1. The van der Waals surface area contributed by atoms with Crippen LogP contribution < -0.4 is 11.5 Å². The third kappa shape index (κ3) is 2.21. The molecule has 1 heterocycles. The van der Waals surface area contributed by atoms with Crippen LogP contribution in [-0.4, -0.2) is 10.2 Å². The molecule has 88 valence electrons. The van der Waals surface area contributed by atoms with E-state index >= 15 is 0 Å². The van der Waals surface area contributed by atoms with Gasteiger partial charge in [-0.1, -0.05) is 17.7 Å². The van der Waals surface area contributed by atoms with Crippen LogP contribution in [0.4, 0.5) is 23.0 Å². The average molecular weight is 251 g/mol. The van der Waals surface area contributed by atoms with Crippen molar-refractivity contribution in [3.8, 4) is 0 Å². The summed E-state index contributed by atoms with van der Waals surface area (Å²) in [6.07, 6.45) is 0. The van der Waals surface area contributed by atoms with E-state index < -0.39 is 0 Å². The molecule has 6 nitrogen and oxygen atoms in total. The number of H-pyrrole nitrogens is 1. The highest BCUT2D eigenvalue weighted by Gasteiger charge is 2.07. The first-order valence-corrected chi connectivity index (χ1v) is 5.23. The summed E-state index contributed by atoms with van der Waals surface area (Å²) < 4.78 is 0. The van der Waals surface area contributed by atoms with Crippen LogP contribution in [0, 0.1) is 6.92 Å². The van der Waals surface area contributed by atoms with Gasteiger partial charge in [-0.2, -0.15) is 5.10 Å². The van der Waals surface area contributed by atoms with E-state index in [1.165, 1.54) is 0 Å². The Hall–Kier alpha value is -2.08. The second kappa shape index (κ2) is 4.42. The van der Waals surface area contributed by atoms with Crippen LogP contribution in [0.3, 0.4) is 0 Å². The highest BCUT2D eigenvalue weighted by molar-refractivity contribution is 6.31. The van der Waals surface area contributed by atoms with Crippen molar-refractivity contribution in [2.24, 2.45) is 10.2 Å². The predicted molar refractivity (Wildman–Crippen MR) is 67.8 cm³/mol. The summed E-state index contributed by atoms with van der Waals surface area (Å²) in [5.41, 5.74) is 13.0. The fraction of sp³-hybridized carbons (Fsp3) is 0.100. The largest absolute Gasteiger partial charge is 0.382 e. The molecular weight excluding hydrogens is 240 g/mol. The van der Waals surface area contributed by atoms with E-state index in [0.29, 0.717) is 16.4 Å². The average Bonchev–Trinajstić information content (AvgIpc) is 2.62. The zero-order valence-corrected chi connectivity index (χ0v) is 9.86. The molecule has 0 spiro atoms. The quantitative estimate of drug-likeness (QED) is 0.714. The minimum absolute atomic E-state index is 0.214. The van der Waals surface area contributed by atoms with Crippen molar-refractivity contribution in [1.29, 1.82) is 0 Å². The first-order chi connectivity index (χ1) is 8.09. The Morgan fingerprint density at radius 1 is 1.29 bits per heavy atom. The van der Waals surface area contributed by atoms with Gasteiger partial charge in [-0.15, -0.1) is 10.2 Å². The van der Waals surface area contributed by atoms with Gasteiger partial charge >= 0.3 is 0 Å². The number of rotatable bonds is 2. The molecule has 0 bridgehead atoms. The van der Waals surface area contributed by atoms with Crippen molar-refractivity contribution < 1.29 is 0 Å². The molecule has 1 aromatic heterocycles. The van der Waals surface area contributed by atoms with Crippen molar-refractivity contribution in [1.82, 2.24) is 10.2 Å². The molecule has 0 saturated carbocycles. The maximum Gasteiger partial charge on any atom is 0.175 e. The van der Waals surface area contributed by atoms with Crippen molar-refractivity contribution in [3.63, 3.8) is 0 Å². The van der Waals surface area contributed by atoms with Crippen molar-refractivity contribution >= 4 is 34.6 Å². The Balaban J connectivity index is 2.36. The normalized spacial score (nSPS) is 11.2. The predicted octanol–water partition coefficient (Wildman–Crippen LogP) is 2.95. The molecule has 0 saturated heterocycles. The highest BCUT2D eigenvalue weighted by Crippen LogP contribution is 2.30. The van der Waals surface area contributed by atoms with E-state index in [1.54, 1.807) is 18.2 Å². The van der Waals surface area contributed by atoms with Gasteiger partial charge in [0.1, 0.15) is 5.82 Å². The lowest BCUT2D eigenvalue weighted by molar-refractivity contribution is 1.11. The molecule has 2 aromatic rings. The number of nitrogens with zero attached hydrogens (tertiary/aromatic N) is 3. The van der Waals surface area contributed by atoms with Gasteiger partial charge in [0, 0.05) is 5.02 Å². The number of aromatic nitrogens is 2. The number of azo groups is 1. The molecule has 7 heteroatoms. The second-order valence-electron chi connectivity index (χ2n) is 3.46. The number of anilines is 2. The fourth-order valence-corrected chi connectivity index (χ4v) is 1.45. The van der Waals surface area contributed by atoms with Crippen LogP contribution in [0.2, 0.25) is 5.02 Å². The smallest absolute Gasteiger partial charge is 0.175 e. The molecule has 5 N–H and O–H groups in total. The molecule has 0 fully saturated rings. The first kappa shape index (κ1) is 11.4. The zero-order chi connectivity index (χ0) is 12.4. The number of nitrogen functional groups attached to an aromatic ring is 2. The number of hydrogen-bond donors (Lipinski definition) is 3. The summed E-state index contributed by atoms with van der Waals surface area (Å²) in [7, 11) is 0. The Kier molecular flexibility index (Phi) is 2.97. The molecular formula is C10H11ClN6. The lowest BCUT2D eigenvalue weighted by atomic mass is 10.2. The third-order valence-electron chi connectivity index (χ3n) is 2.29. The molecule has 0 aliphatic heterocycles. The van der Waals surface area contributed by atoms with Crippen molar-refractivity contribution in [2.75, 3.05) is 11.5 Å². The summed E-state index contributed by atoms with van der Waals surface area (Å²) in [5, 5.41) is 14.9. The van der Waals surface area contributed by atoms with Gasteiger partial charge in [-0.25, -0.2) is 0 Å². The molecule has 0 amide bonds. The van der Waals surface area contributed by atoms with E-state index in [9.17, 15) is 0 Å². The molecule has 17 heavy (non-hydrogen) atoms. The Bertz CT molecular complexity index is 555. The fourth-order valence-electron chi connectivity index (χ4n) is 1.28. The summed E-state index contributed by atoms with van der Waals surface area (Å²) in [6, 6.07) is 5.39. The van der Waals surface area contributed by atoms with E-state index in [1.807, 2.05) is 6.92 Å². The Morgan fingerprint density at radius 2 is 2.06 bits per heavy atom. The second-order valence-corrected chi connectivity index (χ2v) is 3.86. The summed E-state index contributed by atoms with van der Waals surface area (Å²) in [5.74, 6) is 0.497. The van der Waals surface area contributed by atoms with Gasteiger partial charge in [-0.3, -0.25) is 5.10 Å². The topological polar surface area (TPSA) is 105 Å². The summed E-state index contributed by atoms with van der Waals surface area (Å²) in [4.78, 5) is 0. The van der Waals surface area contributed by atoms with Gasteiger partial charge in [0.2, 0.25) is 0 Å². The number of nitrogens with two attached hydrogens (primary N) is 2. The highest BCUT2D eigenvalue weighted by atomic mass is 35.5. The van der Waals surface area contributed by atoms with Gasteiger partial charge in [0.15, 0.2) is 11.5 Å². The van der Waals surface area contributed by atoms with Gasteiger partial charge in [0.05, 0.1) is 5.69 Å². The minimum atomic E-state index is 0.214.